The summed E-state index contributed by atoms with van der Waals surface area (Å²) in [6.07, 6.45) is 5.65. The molecule has 0 aliphatic carbocycles. The molecule has 0 radical (unpaired) electrons. The Balaban J connectivity index is 2.26. The molecule has 2 rings (SSSR count). The summed E-state index contributed by atoms with van der Waals surface area (Å²) < 4.78 is 3.78. The van der Waals surface area contributed by atoms with Crippen molar-refractivity contribution in [2.45, 2.75) is 32.7 Å². The Morgan fingerprint density at radius 2 is 2.15 bits per heavy atom. The molecule has 110 valence electrons. The summed E-state index contributed by atoms with van der Waals surface area (Å²) in [6, 6.07) is 0.197. The third-order valence-corrected chi connectivity index (χ3v) is 4.00. The van der Waals surface area contributed by atoms with Gasteiger partial charge in [0.2, 0.25) is 0 Å². The summed E-state index contributed by atoms with van der Waals surface area (Å²) in [5, 5.41) is 8.67. The van der Waals surface area contributed by atoms with E-state index in [1.54, 1.807) is 4.68 Å². The minimum Gasteiger partial charge on any atom is -0.336 e. The van der Waals surface area contributed by atoms with Crippen molar-refractivity contribution < 1.29 is 0 Å². The van der Waals surface area contributed by atoms with Gasteiger partial charge in [-0.15, -0.1) is 0 Å². The number of aryl methyl sites for hydroxylation is 3. The van der Waals surface area contributed by atoms with Gasteiger partial charge < -0.3 is 9.88 Å². The van der Waals surface area contributed by atoms with E-state index in [1.807, 2.05) is 38.1 Å². The van der Waals surface area contributed by atoms with E-state index in [0.29, 0.717) is 5.15 Å². The van der Waals surface area contributed by atoms with E-state index in [2.05, 4.69) is 22.3 Å². The summed E-state index contributed by atoms with van der Waals surface area (Å²) in [5.41, 5.74) is 3.25. The van der Waals surface area contributed by atoms with Crippen LogP contribution in [-0.4, -0.2) is 25.9 Å². The zero-order valence-electron chi connectivity index (χ0n) is 12.5. The lowest BCUT2D eigenvalue weighted by Crippen LogP contribution is -2.26. The maximum Gasteiger partial charge on any atom is 0.130 e. The number of hydrogen-bond donors (Lipinski definition) is 1. The fourth-order valence-electron chi connectivity index (χ4n) is 2.41. The van der Waals surface area contributed by atoms with Gasteiger partial charge in [-0.3, -0.25) is 4.68 Å². The fraction of sp³-hybridized carbons (Fsp3) is 0.571. The van der Waals surface area contributed by atoms with Crippen LogP contribution in [0.5, 0.6) is 0 Å². The first-order valence-electron chi connectivity index (χ1n) is 6.92. The first-order chi connectivity index (χ1) is 9.54. The van der Waals surface area contributed by atoms with Crippen molar-refractivity contribution in [3.8, 4) is 0 Å². The van der Waals surface area contributed by atoms with Crippen LogP contribution in [-0.2, 0) is 20.5 Å². The Labute approximate surface area is 125 Å². The van der Waals surface area contributed by atoms with E-state index >= 15 is 0 Å². The van der Waals surface area contributed by atoms with Crippen LogP contribution in [0.4, 0.5) is 0 Å². The lowest BCUT2D eigenvalue weighted by molar-refractivity contribution is 0.503. The third-order valence-electron chi connectivity index (χ3n) is 3.53. The second-order valence-electron chi connectivity index (χ2n) is 5.12. The molecule has 0 amide bonds. The van der Waals surface area contributed by atoms with Crippen LogP contribution in [0.15, 0.2) is 12.5 Å². The molecule has 0 aliphatic rings. The average Bonchev–Trinajstić information content (AvgIpc) is 2.93. The summed E-state index contributed by atoms with van der Waals surface area (Å²) in [4.78, 5) is 4.21. The fourth-order valence-corrected chi connectivity index (χ4v) is 2.66. The maximum absolute atomic E-state index is 6.34. The molecule has 0 aromatic carbocycles. The van der Waals surface area contributed by atoms with Crippen molar-refractivity contribution in [1.29, 1.82) is 0 Å². The molecule has 1 N–H and O–H groups in total. The molecule has 1 atom stereocenters. The average molecular weight is 296 g/mol. The van der Waals surface area contributed by atoms with Gasteiger partial charge in [-0.1, -0.05) is 18.5 Å². The molecule has 2 aromatic rings. The first kappa shape index (κ1) is 15.1. The highest BCUT2D eigenvalue weighted by Gasteiger charge is 2.20. The number of hydrogen-bond acceptors (Lipinski definition) is 3. The largest absolute Gasteiger partial charge is 0.336 e. The molecular formula is C14H22ClN5. The number of imidazole rings is 1. The molecule has 20 heavy (non-hydrogen) atoms. The van der Waals surface area contributed by atoms with Gasteiger partial charge in [0.1, 0.15) is 5.15 Å². The smallest absolute Gasteiger partial charge is 0.130 e. The lowest BCUT2D eigenvalue weighted by atomic mass is 10.0. The standard InChI is InChI=1S/C14H22ClN5/c1-5-6-17-12(13-8-16-9-19(13)3)7-11-10(2)18-20(4)14(11)15/h8-9,12,17H,5-7H2,1-4H3. The maximum atomic E-state index is 6.34. The van der Waals surface area contributed by atoms with Crippen molar-refractivity contribution in [1.82, 2.24) is 24.6 Å². The third kappa shape index (κ3) is 3.04. The zero-order chi connectivity index (χ0) is 14.7. The minimum absolute atomic E-state index is 0.197. The second kappa shape index (κ2) is 6.41. The molecule has 2 aromatic heterocycles. The summed E-state index contributed by atoms with van der Waals surface area (Å²) in [5.74, 6) is 0. The molecule has 0 fully saturated rings. The van der Waals surface area contributed by atoms with E-state index < -0.39 is 0 Å². The number of nitrogens with zero attached hydrogens (tertiary/aromatic N) is 4. The molecule has 2 heterocycles. The molecule has 0 aliphatic heterocycles. The summed E-state index contributed by atoms with van der Waals surface area (Å²) >= 11 is 6.34. The molecule has 0 bridgehead atoms. The van der Waals surface area contributed by atoms with Gasteiger partial charge in [-0.2, -0.15) is 5.10 Å². The van der Waals surface area contributed by atoms with Crippen LogP contribution < -0.4 is 5.32 Å². The SMILES string of the molecule is CCCNC(Cc1c(C)nn(C)c1Cl)c1cncn1C. The minimum atomic E-state index is 0.197. The van der Waals surface area contributed by atoms with Gasteiger partial charge in [0.25, 0.3) is 0 Å². The van der Waals surface area contributed by atoms with Crippen LogP contribution >= 0.6 is 11.6 Å². The highest BCUT2D eigenvalue weighted by molar-refractivity contribution is 6.30. The van der Waals surface area contributed by atoms with Crippen LogP contribution in [0.2, 0.25) is 5.15 Å². The Hall–Kier alpha value is -1.33. The Morgan fingerprint density at radius 3 is 2.65 bits per heavy atom. The van der Waals surface area contributed by atoms with E-state index in [0.717, 1.165) is 36.3 Å². The molecule has 0 saturated carbocycles. The van der Waals surface area contributed by atoms with Crippen LogP contribution in [0, 0.1) is 6.92 Å². The Morgan fingerprint density at radius 1 is 1.40 bits per heavy atom. The monoisotopic (exact) mass is 295 g/mol. The summed E-state index contributed by atoms with van der Waals surface area (Å²) in [7, 11) is 3.89. The van der Waals surface area contributed by atoms with E-state index in [4.69, 9.17) is 11.6 Å². The predicted octanol–water partition coefficient (Wildman–Crippen LogP) is 2.40. The second-order valence-corrected chi connectivity index (χ2v) is 5.48. The van der Waals surface area contributed by atoms with Crippen molar-refractivity contribution in [3.05, 3.63) is 34.6 Å². The van der Waals surface area contributed by atoms with Gasteiger partial charge in [0, 0.05) is 25.9 Å². The first-order valence-corrected chi connectivity index (χ1v) is 7.30. The van der Waals surface area contributed by atoms with Gasteiger partial charge in [-0.25, -0.2) is 4.98 Å². The van der Waals surface area contributed by atoms with Crippen molar-refractivity contribution >= 4 is 11.6 Å². The van der Waals surface area contributed by atoms with Crippen LogP contribution in [0.25, 0.3) is 0 Å². The van der Waals surface area contributed by atoms with Gasteiger partial charge in [-0.05, 0) is 26.3 Å². The molecular weight excluding hydrogens is 274 g/mol. The molecule has 0 spiro atoms. The topological polar surface area (TPSA) is 47.7 Å². The van der Waals surface area contributed by atoms with E-state index in [1.165, 1.54) is 0 Å². The zero-order valence-corrected chi connectivity index (χ0v) is 13.3. The molecule has 1 unspecified atom stereocenters. The van der Waals surface area contributed by atoms with Gasteiger partial charge >= 0.3 is 0 Å². The Kier molecular flexibility index (Phi) is 4.83. The van der Waals surface area contributed by atoms with Gasteiger partial charge in [0.15, 0.2) is 0 Å². The van der Waals surface area contributed by atoms with E-state index in [-0.39, 0.29) is 6.04 Å². The number of rotatable bonds is 6. The number of nitrogens with one attached hydrogen (secondary N) is 1. The highest BCUT2D eigenvalue weighted by atomic mass is 35.5. The molecule has 5 nitrogen and oxygen atoms in total. The molecule has 0 saturated heterocycles. The lowest BCUT2D eigenvalue weighted by Gasteiger charge is -2.19. The quantitative estimate of drug-likeness (QED) is 0.890. The van der Waals surface area contributed by atoms with Crippen molar-refractivity contribution in [3.63, 3.8) is 0 Å². The van der Waals surface area contributed by atoms with Crippen LogP contribution in [0.1, 0.15) is 36.3 Å². The number of halogens is 1. The molecule has 6 heteroatoms. The highest BCUT2D eigenvalue weighted by Crippen LogP contribution is 2.25. The Bertz CT molecular complexity index is 572. The van der Waals surface area contributed by atoms with Crippen LogP contribution in [0.3, 0.4) is 0 Å². The van der Waals surface area contributed by atoms with Gasteiger partial charge in [0.05, 0.1) is 23.8 Å². The summed E-state index contributed by atoms with van der Waals surface area (Å²) in [6.45, 7) is 5.13. The van der Waals surface area contributed by atoms with Crippen molar-refractivity contribution in [2.24, 2.45) is 14.1 Å². The van der Waals surface area contributed by atoms with Crippen molar-refractivity contribution in [2.75, 3.05) is 6.54 Å². The number of aromatic nitrogens is 4. The van der Waals surface area contributed by atoms with E-state index in [9.17, 15) is 0 Å². The predicted molar refractivity (Wildman–Crippen MR) is 80.9 cm³/mol. The normalized spacial score (nSPS) is 12.8.